The standard InChI is InChI=1S/C26H22FN3O8/c1-35-22-12-15(3-9-20(22)37-14-18-8-10-21(38-18)25(33)36-2)11-19-24(32)30(26(34)29-19)13-23(31)28-17-6-4-16(27)5-7-17/h3-12H,13-14H2,1-2H3,(H,28,31)(H,29,34)/b19-11+. The quantitative estimate of drug-likeness (QED) is 0.248. The van der Waals surface area contributed by atoms with Crippen molar-refractivity contribution in [3.63, 3.8) is 0 Å². The molecule has 38 heavy (non-hydrogen) atoms. The maximum absolute atomic E-state index is 13.0. The number of imide groups is 1. The smallest absolute Gasteiger partial charge is 0.373 e. The van der Waals surface area contributed by atoms with E-state index in [0.717, 1.165) is 4.90 Å². The summed E-state index contributed by atoms with van der Waals surface area (Å²) in [4.78, 5) is 49.6. The number of amides is 4. The third-order valence-electron chi connectivity index (χ3n) is 5.31. The first kappa shape index (κ1) is 25.9. The third-order valence-corrected chi connectivity index (χ3v) is 5.31. The summed E-state index contributed by atoms with van der Waals surface area (Å²) in [6, 6.07) is 12.2. The molecule has 1 fully saturated rings. The van der Waals surface area contributed by atoms with Gasteiger partial charge in [0.05, 0.1) is 14.2 Å². The van der Waals surface area contributed by atoms with Crippen LogP contribution in [-0.4, -0.2) is 49.5 Å². The van der Waals surface area contributed by atoms with Crippen LogP contribution in [0.2, 0.25) is 0 Å². The van der Waals surface area contributed by atoms with Gasteiger partial charge in [0, 0.05) is 5.69 Å². The van der Waals surface area contributed by atoms with Gasteiger partial charge in [0.2, 0.25) is 11.7 Å². The number of hydrogen-bond acceptors (Lipinski definition) is 8. The average molecular weight is 523 g/mol. The molecule has 1 aliphatic rings. The lowest BCUT2D eigenvalue weighted by molar-refractivity contribution is -0.127. The lowest BCUT2D eigenvalue weighted by Gasteiger charge is -2.12. The van der Waals surface area contributed by atoms with Crippen LogP contribution in [0.3, 0.4) is 0 Å². The minimum atomic E-state index is -0.757. The molecule has 0 aliphatic carbocycles. The van der Waals surface area contributed by atoms with Crippen LogP contribution in [-0.2, 0) is 20.9 Å². The Labute approximate surface area is 215 Å². The Balaban J connectivity index is 1.40. The molecule has 4 rings (SSSR count). The predicted molar refractivity (Wildman–Crippen MR) is 131 cm³/mol. The first-order valence-corrected chi connectivity index (χ1v) is 11.1. The van der Waals surface area contributed by atoms with Crippen molar-refractivity contribution in [2.24, 2.45) is 0 Å². The van der Waals surface area contributed by atoms with E-state index in [1.807, 2.05) is 0 Å². The van der Waals surface area contributed by atoms with Crippen molar-refractivity contribution < 1.29 is 42.2 Å². The highest BCUT2D eigenvalue weighted by Crippen LogP contribution is 2.30. The number of carbonyl (C=O) groups excluding carboxylic acids is 4. The van der Waals surface area contributed by atoms with E-state index in [1.54, 1.807) is 24.3 Å². The Kier molecular flexibility index (Phi) is 7.71. The molecular formula is C26H22FN3O8. The van der Waals surface area contributed by atoms with E-state index in [1.165, 1.54) is 50.6 Å². The van der Waals surface area contributed by atoms with E-state index >= 15 is 0 Å². The second-order valence-electron chi connectivity index (χ2n) is 7.89. The average Bonchev–Trinajstić information content (AvgIpc) is 3.49. The monoisotopic (exact) mass is 523 g/mol. The highest BCUT2D eigenvalue weighted by atomic mass is 19.1. The molecule has 0 atom stereocenters. The van der Waals surface area contributed by atoms with Crippen LogP contribution < -0.4 is 20.1 Å². The lowest BCUT2D eigenvalue weighted by atomic mass is 10.1. The van der Waals surface area contributed by atoms with Crippen LogP contribution in [0, 0.1) is 5.82 Å². The van der Waals surface area contributed by atoms with Crippen molar-refractivity contribution in [1.82, 2.24) is 10.2 Å². The van der Waals surface area contributed by atoms with E-state index < -0.39 is 36.2 Å². The van der Waals surface area contributed by atoms with Gasteiger partial charge in [-0.2, -0.15) is 0 Å². The summed E-state index contributed by atoms with van der Waals surface area (Å²) in [5.41, 5.74) is 0.803. The Hall–Kier alpha value is -5.13. The fraction of sp³-hybridized carbons (Fsp3) is 0.154. The molecule has 0 unspecified atom stereocenters. The van der Waals surface area contributed by atoms with Gasteiger partial charge in [0.15, 0.2) is 11.5 Å². The SMILES string of the molecule is COC(=O)c1ccc(COc2ccc(/C=C3/NC(=O)N(CC(=O)Nc4ccc(F)cc4)C3=O)cc2OC)o1. The van der Waals surface area contributed by atoms with Gasteiger partial charge in [-0.05, 0) is 60.2 Å². The van der Waals surface area contributed by atoms with E-state index in [0.29, 0.717) is 28.5 Å². The fourth-order valence-electron chi connectivity index (χ4n) is 3.47. The zero-order chi connectivity index (χ0) is 27.2. The number of anilines is 1. The number of furan rings is 1. The number of hydrogen-bond donors (Lipinski definition) is 2. The number of nitrogens with one attached hydrogen (secondary N) is 2. The number of esters is 1. The molecule has 2 N–H and O–H groups in total. The molecule has 1 aliphatic heterocycles. The van der Waals surface area contributed by atoms with Gasteiger partial charge >= 0.3 is 12.0 Å². The van der Waals surface area contributed by atoms with Gasteiger partial charge in [-0.3, -0.25) is 9.59 Å². The lowest BCUT2D eigenvalue weighted by Crippen LogP contribution is -2.38. The number of ether oxygens (including phenoxy) is 3. The summed E-state index contributed by atoms with van der Waals surface area (Å²) in [6.07, 6.45) is 1.43. The molecule has 0 spiro atoms. The second kappa shape index (κ2) is 11.3. The minimum absolute atomic E-state index is 0.0112. The Morgan fingerprint density at radius 1 is 1.05 bits per heavy atom. The number of carbonyl (C=O) groups is 4. The second-order valence-corrected chi connectivity index (χ2v) is 7.89. The molecule has 1 aromatic heterocycles. The molecule has 2 aromatic carbocycles. The zero-order valence-electron chi connectivity index (χ0n) is 20.3. The molecule has 1 saturated heterocycles. The molecule has 196 valence electrons. The van der Waals surface area contributed by atoms with Crippen LogP contribution in [0.4, 0.5) is 14.9 Å². The first-order chi connectivity index (χ1) is 18.3. The van der Waals surface area contributed by atoms with Gasteiger partial charge in [-0.25, -0.2) is 18.9 Å². The molecule has 0 bridgehead atoms. The largest absolute Gasteiger partial charge is 0.493 e. The molecule has 2 heterocycles. The summed E-state index contributed by atoms with van der Waals surface area (Å²) in [7, 11) is 2.68. The molecular weight excluding hydrogens is 501 g/mol. The number of methoxy groups -OCH3 is 2. The van der Waals surface area contributed by atoms with Crippen molar-refractivity contribution in [2.45, 2.75) is 6.61 Å². The Bertz CT molecular complexity index is 1410. The third kappa shape index (κ3) is 5.98. The van der Waals surface area contributed by atoms with Crippen LogP contribution >= 0.6 is 0 Å². The number of urea groups is 1. The van der Waals surface area contributed by atoms with Gasteiger partial charge < -0.3 is 29.3 Å². The summed E-state index contributed by atoms with van der Waals surface area (Å²) in [5, 5.41) is 4.94. The van der Waals surface area contributed by atoms with Crippen LogP contribution in [0.1, 0.15) is 21.9 Å². The minimum Gasteiger partial charge on any atom is -0.493 e. The van der Waals surface area contributed by atoms with Crippen molar-refractivity contribution in [2.75, 3.05) is 26.1 Å². The number of rotatable bonds is 9. The molecule has 4 amide bonds. The van der Waals surface area contributed by atoms with E-state index in [4.69, 9.17) is 13.9 Å². The molecule has 12 heteroatoms. The molecule has 11 nitrogen and oxygen atoms in total. The van der Waals surface area contributed by atoms with Gasteiger partial charge in [0.25, 0.3) is 5.91 Å². The fourth-order valence-corrected chi connectivity index (χ4v) is 3.47. The molecule has 3 aromatic rings. The highest BCUT2D eigenvalue weighted by Gasteiger charge is 2.35. The van der Waals surface area contributed by atoms with E-state index in [2.05, 4.69) is 15.4 Å². The Morgan fingerprint density at radius 2 is 1.82 bits per heavy atom. The summed E-state index contributed by atoms with van der Waals surface area (Å²) in [5.74, 6) is -1.24. The zero-order valence-corrected chi connectivity index (χ0v) is 20.3. The maximum Gasteiger partial charge on any atom is 0.373 e. The number of halogens is 1. The van der Waals surface area contributed by atoms with Crippen molar-refractivity contribution in [3.05, 3.63) is 83.2 Å². The van der Waals surface area contributed by atoms with Gasteiger partial charge in [0.1, 0.15) is 30.4 Å². The van der Waals surface area contributed by atoms with Crippen molar-refractivity contribution in [3.8, 4) is 11.5 Å². The first-order valence-electron chi connectivity index (χ1n) is 11.1. The molecule has 0 saturated carbocycles. The van der Waals surface area contributed by atoms with Gasteiger partial charge in [-0.15, -0.1) is 0 Å². The summed E-state index contributed by atoms with van der Waals surface area (Å²) in [6.45, 7) is -0.517. The topological polar surface area (TPSA) is 136 Å². The van der Waals surface area contributed by atoms with Crippen molar-refractivity contribution >= 4 is 35.6 Å². The maximum atomic E-state index is 13.0. The number of nitrogens with zero attached hydrogens (tertiary/aromatic N) is 1. The predicted octanol–water partition coefficient (Wildman–Crippen LogP) is 3.32. The normalized spacial score (nSPS) is 13.9. The summed E-state index contributed by atoms with van der Waals surface area (Å²) >= 11 is 0. The van der Waals surface area contributed by atoms with E-state index in [9.17, 15) is 23.6 Å². The van der Waals surface area contributed by atoms with Crippen LogP contribution in [0.15, 0.2) is 64.7 Å². The Morgan fingerprint density at radius 3 is 2.53 bits per heavy atom. The summed E-state index contributed by atoms with van der Waals surface area (Å²) < 4.78 is 34.1. The van der Waals surface area contributed by atoms with E-state index in [-0.39, 0.29) is 18.1 Å². The highest BCUT2D eigenvalue weighted by molar-refractivity contribution is 6.16. The van der Waals surface area contributed by atoms with Crippen LogP contribution in [0.25, 0.3) is 6.08 Å². The van der Waals surface area contributed by atoms with Gasteiger partial charge in [-0.1, -0.05) is 6.07 Å². The van der Waals surface area contributed by atoms with Crippen molar-refractivity contribution in [1.29, 1.82) is 0 Å². The number of benzene rings is 2. The molecule has 0 radical (unpaired) electrons. The van der Waals surface area contributed by atoms with Crippen LogP contribution in [0.5, 0.6) is 11.5 Å².